The van der Waals surface area contributed by atoms with Crippen LogP contribution in [0.1, 0.15) is 25.0 Å². The summed E-state index contributed by atoms with van der Waals surface area (Å²) in [5.74, 6) is -0.331. The number of halogens is 4. The number of rotatable bonds is 3. The SMILES string of the molecule is COCCN1C(=O)C(C)(C)c2c1cc(I)cc2C(F)(F)F. The van der Waals surface area contributed by atoms with Gasteiger partial charge in [-0.1, -0.05) is 0 Å². The van der Waals surface area contributed by atoms with Crippen LogP contribution in [0.3, 0.4) is 0 Å². The number of nitrogens with zero attached hydrogens (tertiary/aromatic N) is 1. The van der Waals surface area contributed by atoms with Crippen molar-refractivity contribution < 1.29 is 22.7 Å². The highest BCUT2D eigenvalue weighted by Crippen LogP contribution is 2.48. The van der Waals surface area contributed by atoms with Gasteiger partial charge in [0.15, 0.2) is 0 Å². The maximum Gasteiger partial charge on any atom is 0.416 e. The molecule has 0 unspecified atom stereocenters. The third-order valence-corrected chi connectivity index (χ3v) is 4.23. The second-order valence-electron chi connectivity index (χ2n) is 5.42. The van der Waals surface area contributed by atoms with Gasteiger partial charge < -0.3 is 9.64 Å². The van der Waals surface area contributed by atoms with Gasteiger partial charge >= 0.3 is 6.18 Å². The third-order valence-electron chi connectivity index (χ3n) is 3.60. The van der Waals surface area contributed by atoms with Crippen LogP contribution in [0.25, 0.3) is 0 Å². The van der Waals surface area contributed by atoms with Gasteiger partial charge in [0, 0.05) is 28.5 Å². The molecular formula is C14H15F3INO2. The fourth-order valence-corrected chi connectivity index (χ4v) is 3.25. The van der Waals surface area contributed by atoms with Gasteiger partial charge in [0.2, 0.25) is 5.91 Å². The summed E-state index contributed by atoms with van der Waals surface area (Å²) in [6.07, 6.45) is -4.49. The van der Waals surface area contributed by atoms with E-state index in [0.29, 0.717) is 9.26 Å². The molecule has 116 valence electrons. The molecule has 0 aliphatic carbocycles. The van der Waals surface area contributed by atoms with E-state index in [4.69, 9.17) is 4.74 Å². The monoisotopic (exact) mass is 413 g/mol. The Hall–Kier alpha value is -0.830. The Kier molecular flexibility index (Phi) is 4.27. The molecule has 0 N–H and O–H groups in total. The summed E-state index contributed by atoms with van der Waals surface area (Å²) in [4.78, 5) is 13.9. The Bertz CT molecular complexity index is 584. The van der Waals surface area contributed by atoms with E-state index in [1.165, 1.54) is 25.9 Å². The van der Waals surface area contributed by atoms with Gasteiger partial charge in [-0.25, -0.2) is 0 Å². The minimum Gasteiger partial charge on any atom is -0.383 e. The van der Waals surface area contributed by atoms with Crippen LogP contribution in [0.5, 0.6) is 0 Å². The van der Waals surface area contributed by atoms with Crippen molar-refractivity contribution in [1.29, 1.82) is 0 Å². The van der Waals surface area contributed by atoms with Crippen LogP contribution in [-0.4, -0.2) is 26.2 Å². The lowest BCUT2D eigenvalue weighted by atomic mass is 9.83. The van der Waals surface area contributed by atoms with Crippen LogP contribution < -0.4 is 4.90 Å². The molecule has 1 aromatic rings. The molecule has 0 saturated carbocycles. The van der Waals surface area contributed by atoms with E-state index >= 15 is 0 Å². The third kappa shape index (κ3) is 2.77. The van der Waals surface area contributed by atoms with Crippen molar-refractivity contribution in [2.45, 2.75) is 25.4 Å². The highest BCUT2D eigenvalue weighted by Gasteiger charge is 2.49. The number of methoxy groups -OCH3 is 1. The molecule has 0 atom stereocenters. The number of ether oxygens (including phenoxy) is 1. The summed E-state index contributed by atoms with van der Waals surface area (Å²) < 4.78 is 45.3. The minimum atomic E-state index is -4.49. The van der Waals surface area contributed by atoms with Crippen LogP contribution in [0.2, 0.25) is 0 Å². The van der Waals surface area contributed by atoms with Gasteiger partial charge in [-0.2, -0.15) is 13.2 Å². The van der Waals surface area contributed by atoms with Crippen molar-refractivity contribution in [2.24, 2.45) is 0 Å². The molecule has 1 amide bonds. The summed E-state index contributed by atoms with van der Waals surface area (Å²) in [6.45, 7) is 3.57. The Labute approximate surface area is 134 Å². The molecule has 2 rings (SSSR count). The van der Waals surface area contributed by atoms with Crippen molar-refractivity contribution in [3.05, 3.63) is 26.8 Å². The van der Waals surface area contributed by atoms with E-state index in [1.54, 1.807) is 6.07 Å². The fraction of sp³-hybridized carbons (Fsp3) is 0.500. The van der Waals surface area contributed by atoms with E-state index < -0.39 is 17.2 Å². The van der Waals surface area contributed by atoms with Crippen molar-refractivity contribution in [3.63, 3.8) is 0 Å². The molecule has 0 radical (unpaired) electrons. The number of hydrogen-bond acceptors (Lipinski definition) is 2. The zero-order valence-corrected chi connectivity index (χ0v) is 14.0. The molecule has 1 aliphatic heterocycles. The molecule has 1 aliphatic rings. The first-order valence-electron chi connectivity index (χ1n) is 6.33. The predicted octanol–water partition coefficient (Wildman–Crippen LogP) is 3.58. The van der Waals surface area contributed by atoms with Crippen LogP contribution in [0.15, 0.2) is 12.1 Å². The number of carbonyl (C=O) groups is 1. The van der Waals surface area contributed by atoms with Gasteiger partial charge in [0.25, 0.3) is 0 Å². The summed E-state index contributed by atoms with van der Waals surface area (Å²) in [6, 6.07) is 2.71. The lowest BCUT2D eigenvalue weighted by Gasteiger charge is -2.21. The van der Waals surface area contributed by atoms with Crippen molar-refractivity contribution in [2.75, 3.05) is 25.2 Å². The maximum atomic E-state index is 13.3. The fourth-order valence-electron chi connectivity index (χ4n) is 2.64. The first kappa shape index (κ1) is 16.5. The van der Waals surface area contributed by atoms with Crippen molar-refractivity contribution in [1.82, 2.24) is 0 Å². The van der Waals surface area contributed by atoms with Crippen molar-refractivity contribution >= 4 is 34.2 Å². The summed E-state index contributed by atoms with van der Waals surface area (Å²) in [5.41, 5.74) is -1.54. The second kappa shape index (κ2) is 5.42. The minimum absolute atomic E-state index is 0.0523. The van der Waals surface area contributed by atoms with Crippen LogP contribution in [-0.2, 0) is 21.1 Å². The highest BCUT2D eigenvalue weighted by atomic mass is 127. The Balaban J connectivity index is 2.67. The lowest BCUT2D eigenvalue weighted by molar-refractivity contribution is -0.138. The summed E-state index contributed by atoms with van der Waals surface area (Å²) >= 11 is 1.84. The first-order valence-corrected chi connectivity index (χ1v) is 7.40. The van der Waals surface area contributed by atoms with Crippen LogP contribution in [0, 0.1) is 3.57 Å². The number of benzene rings is 1. The van der Waals surface area contributed by atoms with Gasteiger partial charge in [-0.05, 0) is 48.6 Å². The highest BCUT2D eigenvalue weighted by molar-refractivity contribution is 14.1. The molecule has 21 heavy (non-hydrogen) atoms. The largest absolute Gasteiger partial charge is 0.416 e. The van der Waals surface area contributed by atoms with E-state index in [9.17, 15) is 18.0 Å². The Morgan fingerprint density at radius 3 is 2.48 bits per heavy atom. The van der Waals surface area contributed by atoms with Gasteiger partial charge in [0.1, 0.15) is 0 Å². The molecule has 7 heteroatoms. The molecule has 1 heterocycles. The van der Waals surface area contributed by atoms with Crippen LogP contribution >= 0.6 is 22.6 Å². The Morgan fingerprint density at radius 1 is 1.33 bits per heavy atom. The topological polar surface area (TPSA) is 29.5 Å². The zero-order valence-electron chi connectivity index (χ0n) is 11.8. The molecule has 0 bridgehead atoms. The number of amides is 1. The average molecular weight is 413 g/mol. The van der Waals surface area contributed by atoms with Gasteiger partial charge in [-0.15, -0.1) is 0 Å². The molecule has 0 fully saturated rings. The summed E-state index contributed by atoms with van der Waals surface area (Å²) in [7, 11) is 1.49. The normalized spacial score (nSPS) is 17.3. The molecule has 3 nitrogen and oxygen atoms in total. The molecular weight excluding hydrogens is 398 g/mol. The second-order valence-corrected chi connectivity index (χ2v) is 6.67. The van der Waals surface area contributed by atoms with E-state index in [2.05, 4.69) is 0 Å². The average Bonchev–Trinajstić information content (AvgIpc) is 2.54. The molecule has 0 aromatic heterocycles. The summed E-state index contributed by atoms with van der Waals surface area (Å²) in [5, 5.41) is 0. The quantitative estimate of drug-likeness (QED) is 0.710. The standard InChI is InChI=1S/C14H15F3INO2/c1-13(2)11-9(14(15,16)17)6-8(18)7-10(11)19(12(13)20)4-5-21-3/h6-7H,4-5H2,1-3H3. The zero-order chi connectivity index (χ0) is 16.0. The van der Waals surface area contributed by atoms with E-state index in [0.717, 1.165) is 6.07 Å². The van der Waals surface area contributed by atoms with Gasteiger partial charge in [0.05, 0.1) is 17.6 Å². The smallest absolute Gasteiger partial charge is 0.383 e. The molecule has 0 spiro atoms. The first-order chi connectivity index (χ1) is 9.60. The number of carbonyl (C=O) groups excluding carboxylic acids is 1. The Morgan fingerprint density at radius 2 is 1.95 bits per heavy atom. The molecule has 0 saturated heterocycles. The number of anilines is 1. The lowest BCUT2D eigenvalue weighted by Crippen LogP contribution is -2.38. The van der Waals surface area contributed by atoms with Gasteiger partial charge in [-0.3, -0.25) is 4.79 Å². The van der Waals surface area contributed by atoms with E-state index in [1.807, 2.05) is 22.6 Å². The van der Waals surface area contributed by atoms with E-state index in [-0.39, 0.29) is 24.6 Å². The number of fused-ring (bicyclic) bond motifs is 1. The number of alkyl halides is 3. The predicted molar refractivity (Wildman–Crippen MR) is 81.4 cm³/mol. The number of hydrogen-bond donors (Lipinski definition) is 0. The molecule has 1 aromatic carbocycles. The maximum absolute atomic E-state index is 13.3. The van der Waals surface area contributed by atoms with Crippen LogP contribution in [0.4, 0.5) is 18.9 Å². The van der Waals surface area contributed by atoms with Crippen molar-refractivity contribution in [3.8, 4) is 0 Å².